The Morgan fingerprint density at radius 1 is 1.32 bits per heavy atom. The van der Waals surface area contributed by atoms with Crippen LogP contribution in [-0.2, 0) is 10.1 Å². The fourth-order valence-corrected chi connectivity index (χ4v) is 3.55. The number of pyridine rings is 1. The summed E-state index contributed by atoms with van der Waals surface area (Å²) < 4.78 is 63.2. The summed E-state index contributed by atoms with van der Waals surface area (Å²) in [7, 11) is -7.91. The van der Waals surface area contributed by atoms with Crippen molar-refractivity contribution < 1.29 is 25.8 Å². The molecule has 10 heteroatoms. The van der Waals surface area contributed by atoms with Crippen LogP contribution in [0.5, 0.6) is 5.75 Å². The first-order valence-electron chi connectivity index (χ1n) is 5.02. The van der Waals surface area contributed by atoms with Gasteiger partial charge in [0.1, 0.15) is 0 Å². The van der Waals surface area contributed by atoms with Gasteiger partial charge in [-0.15, -0.1) is 0 Å². The molecular formula is C9H11ClF3NO3SSi. The Morgan fingerprint density at radius 2 is 1.84 bits per heavy atom. The van der Waals surface area contributed by atoms with Crippen LogP contribution >= 0.6 is 11.6 Å². The van der Waals surface area contributed by atoms with Gasteiger partial charge in [-0.25, -0.2) is 4.98 Å². The second-order valence-electron chi connectivity index (χ2n) is 4.71. The maximum atomic E-state index is 12.3. The third kappa shape index (κ3) is 3.60. The van der Waals surface area contributed by atoms with E-state index in [-0.39, 0.29) is 0 Å². The van der Waals surface area contributed by atoms with E-state index in [4.69, 9.17) is 11.6 Å². The minimum atomic E-state index is -5.76. The van der Waals surface area contributed by atoms with Gasteiger partial charge in [0, 0.05) is 6.20 Å². The third-order valence-electron chi connectivity index (χ3n) is 2.15. The van der Waals surface area contributed by atoms with Gasteiger partial charge in [0.05, 0.1) is 8.07 Å². The van der Waals surface area contributed by atoms with E-state index in [2.05, 4.69) is 9.17 Å². The minimum Gasteiger partial charge on any atom is -0.373 e. The Hall–Kier alpha value is -0.803. The molecule has 0 amide bonds. The molecule has 0 spiro atoms. The van der Waals surface area contributed by atoms with Crippen molar-refractivity contribution in [3.63, 3.8) is 0 Å². The van der Waals surface area contributed by atoms with E-state index in [0.717, 1.165) is 0 Å². The standard InChI is InChI=1S/C9H11ClF3NO3SSi/c1-19(2,3)6-4-5-14-8(10)7(6)17-18(15,16)9(11,12)13/h4-5H,1-3H3. The molecule has 0 aromatic carbocycles. The zero-order chi connectivity index (χ0) is 15.1. The normalized spacial score (nSPS) is 13.4. The molecule has 0 aliphatic rings. The number of aromatic nitrogens is 1. The molecule has 108 valence electrons. The largest absolute Gasteiger partial charge is 0.534 e. The quantitative estimate of drug-likeness (QED) is 0.369. The lowest BCUT2D eigenvalue weighted by Gasteiger charge is -2.21. The first kappa shape index (κ1) is 16.3. The Kier molecular flexibility index (Phi) is 4.23. The van der Waals surface area contributed by atoms with Crippen molar-refractivity contribution in [1.29, 1.82) is 0 Å². The summed E-state index contributed by atoms with van der Waals surface area (Å²) in [5.41, 5.74) is -5.51. The van der Waals surface area contributed by atoms with E-state index in [1.165, 1.54) is 12.3 Å². The summed E-state index contributed by atoms with van der Waals surface area (Å²) in [5.74, 6) is -0.541. The predicted molar refractivity (Wildman–Crippen MR) is 67.8 cm³/mol. The Labute approximate surface area is 114 Å². The predicted octanol–water partition coefficient (Wildman–Crippen LogP) is 2.51. The molecule has 0 saturated heterocycles. The van der Waals surface area contributed by atoms with Crippen LogP contribution < -0.4 is 9.37 Å². The van der Waals surface area contributed by atoms with Crippen LogP contribution in [0.1, 0.15) is 0 Å². The fourth-order valence-electron chi connectivity index (χ4n) is 1.25. The highest BCUT2D eigenvalue weighted by atomic mass is 35.5. The maximum absolute atomic E-state index is 12.3. The molecule has 0 saturated carbocycles. The van der Waals surface area contributed by atoms with Gasteiger partial charge in [-0.3, -0.25) is 0 Å². The molecule has 0 atom stereocenters. The van der Waals surface area contributed by atoms with E-state index in [1.54, 1.807) is 0 Å². The van der Waals surface area contributed by atoms with Gasteiger partial charge in [-0.2, -0.15) is 21.6 Å². The molecular weight excluding hydrogens is 323 g/mol. The Morgan fingerprint density at radius 3 is 2.26 bits per heavy atom. The molecule has 0 fully saturated rings. The summed E-state index contributed by atoms with van der Waals surface area (Å²) in [6.45, 7) is 5.43. The summed E-state index contributed by atoms with van der Waals surface area (Å²) >= 11 is 5.65. The maximum Gasteiger partial charge on any atom is 0.534 e. The number of alkyl halides is 3. The zero-order valence-electron chi connectivity index (χ0n) is 10.2. The highest BCUT2D eigenvalue weighted by Crippen LogP contribution is 2.30. The van der Waals surface area contributed by atoms with Crippen LogP contribution in [0.2, 0.25) is 24.8 Å². The number of rotatable bonds is 3. The SMILES string of the molecule is C[Si](C)(C)c1ccnc(Cl)c1OS(=O)(=O)C(F)(F)F. The average molecular weight is 334 g/mol. The Balaban J connectivity index is 3.38. The lowest BCUT2D eigenvalue weighted by Crippen LogP contribution is -2.40. The number of halogens is 4. The first-order valence-corrected chi connectivity index (χ1v) is 10.3. The second-order valence-corrected chi connectivity index (χ2v) is 11.6. The van der Waals surface area contributed by atoms with Gasteiger partial charge in [0.2, 0.25) is 0 Å². The Bertz CT molecular complexity index is 583. The fraction of sp³-hybridized carbons (Fsp3) is 0.444. The number of hydrogen-bond acceptors (Lipinski definition) is 4. The zero-order valence-corrected chi connectivity index (χ0v) is 12.8. The van der Waals surface area contributed by atoms with Gasteiger partial charge >= 0.3 is 15.6 Å². The topological polar surface area (TPSA) is 56.3 Å². The van der Waals surface area contributed by atoms with E-state index in [9.17, 15) is 21.6 Å². The van der Waals surface area contributed by atoms with Crippen LogP contribution in [0, 0.1) is 0 Å². The molecule has 0 N–H and O–H groups in total. The third-order valence-corrected chi connectivity index (χ3v) is 5.38. The van der Waals surface area contributed by atoms with E-state index >= 15 is 0 Å². The van der Waals surface area contributed by atoms with Gasteiger partial charge < -0.3 is 4.18 Å². The monoisotopic (exact) mass is 333 g/mol. The summed E-state index contributed by atoms with van der Waals surface area (Å²) in [4.78, 5) is 3.55. The molecule has 0 aliphatic heterocycles. The molecule has 1 aromatic heterocycles. The van der Waals surface area contributed by atoms with Crippen molar-refractivity contribution in [1.82, 2.24) is 4.98 Å². The van der Waals surface area contributed by atoms with Gasteiger partial charge in [-0.05, 0) is 11.3 Å². The van der Waals surface area contributed by atoms with Gasteiger partial charge in [0.25, 0.3) is 0 Å². The highest BCUT2D eigenvalue weighted by molar-refractivity contribution is 7.88. The van der Waals surface area contributed by atoms with E-state index in [1.807, 2.05) is 19.6 Å². The summed E-state index contributed by atoms with van der Waals surface area (Å²) in [5, 5.41) is -0.0620. The first-order chi connectivity index (χ1) is 8.36. The van der Waals surface area contributed by atoms with Gasteiger partial charge in [-0.1, -0.05) is 31.2 Å². The van der Waals surface area contributed by atoms with Crippen LogP contribution in [0.3, 0.4) is 0 Å². The van der Waals surface area contributed by atoms with E-state index in [0.29, 0.717) is 5.19 Å². The number of hydrogen-bond donors (Lipinski definition) is 0. The van der Waals surface area contributed by atoms with Crippen molar-refractivity contribution in [2.75, 3.05) is 0 Å². The van der Waals surface area contributed by atoms with Crippen molar-refractivity contribution >= 4 is 35.0 Å². The van der Waals surface area contributed by atoms with Crippen LogP contribution in [0.4, 0.5) is 13.2 Å². The lowest BCUT2D eigenvalue weighted by atomic mass is 10.5. The number of nitrogens with zero attached hydrogens (tertiary/aromatic N) is 1. The van der Waals surface area contributed by atoms with Crippen molar-refractivity contribution in [3.8, 4) is 5.75 Å². The molecule has 1 rings (SSSR count). The van der Waals surface area contributed by atoms with E-state index < -0.39 is 34.6 Å². The smallest absolute Gasteiger partial charge is 0.373 e. The summed E-state index contributed by atoms with van der Waals surface area (Å²) in [6.07, 6.45) is 1.29. The summed E-state index contributed by atoms with van der Waals surface area (Å²) in [6, 6.07) is 1.42. The molecule has 4 nitrogen and oxygen atoms in total. The molecule has 0 unspecified atom stereocenters. The van der Waals surface area contributed by atoms with Gasteiger partial charge in [0.15, 0.2) is 10.9 Å². The molecule has 1 heterocycles. The average Bonchev–Trinajstić information content (AvgIpc) is 2.17. The molecule has 0 radical (unpaired) electrons. The molecule has 0 aliphatic carbocycles. The molecule has 19 heavy (non-hydrogen) atoms. The molecule has 0 bridgehead atoms. The van der Waals surface area contributed by atoms with Crippen LogP contribution in [-0.4, -0.2) is 27.0 Å². The van der Waals surface area contributed by atoms with Crippen LogP contribution in [0.15, 0.2) is 12.3 Å². The second kappa shape index (κ2) is 4.95. The minimum absolute atomic E-state index is 0.348. The van der Waals surface area contributed by atoms with Crippen molar-refractivity contribution in [2.24, 2.45) is 0 Å². The van der Waals surface area contributed by atoms with Crippen LogP contribution in [0.25, 0.3) is 0 Å². The van der Waals surface area contributed by atoms with Crippen molar-refractivity contribution in [2.45, 2.75) is 25.1 Å². The lowest BCUT2D eigenvalue weighted by molar-refractivity contribution is -0.0499. The highest BCUT2D eigenvalue weighted by Gasteiger charge is 2.49. The molecule has 1 aromatic rings. The van der Waals surface area contributed by atoms with Crippen molar-refractivity contribution in [3.05, 3.63) is 17.4 Å².